The summed E-state index contributed by atoms with van der Waals surface area (Å²) in [4.78, 5) is 14.7. The Morgan fingerprint density at radius 2 is 1.65 bits per heavy atom. The SMILES string of the molecule is O=C(c1ccccc1)c1c(C(F)(F)F)[n+]([O-])c2cc(Cl)c(N3CCNCC3)cc2[n+]1[O-]. The fourth-order valence-corrected chi connectivity index (χ4v) is 3.90. The van der Waals surface area contributed by atoms with Gasteiger partial charge in [0.25, 0.3) is 16.8 Å². The number of carbonyl (C=O) groups excluding carboxylic acids is 1. The third-order valence-electron chi connectivity index (χ3n) is 5.09. The number of nitrogens with one attached hydrogen (secondary N) is 1. The number of anilines is 1. The van der Waals surface area contributed by atoms with Crippen molar-refractivity contribution in [2.75, 3.05) is 31.1 Å². The second-order valence-corrected chi connectivity index (χ2v) is 7.42. The van der Waals surface area contributed by atoms with Crippen molar-refractivity contribution in [1.29, 1.82) is 0 Å². The zero-order valence-electron chi connectivity index (χ0n) is 15.9. The highest BCUT2D eigenvalue weighted by Crippen LogP contribution is 2.33. The van der Waals surface area contributed by atoms with E-state index < -0.39 is 33.6 Å². The van der Waals surface area contributed by atoms with E-state index in [9.17, 15) is 28.4 Å². The minimum absolute atomic E-state index is 0.0364. The summed E-state index contributed by atoms with van der Waals surface area (Å²) in [6, 6.07) is 9.30. The Hall–Kier alpha value is -3.11. The minimum atomic E-state index is -5.24. The number of carbonyl (C=O) groups is 1. The van der Waals surface area contributed by atoms with Crippen molar-refractivity contribution < 1.29 is 27.4 Å². The van der Waals surface area contributed by atoms with Crippen LogP contribution in [0.1, 0.15) is 21.7 Å². The third-order valence-corrected chi connectivity index (χ3v) is 5.39. The summed E-state index contributed by atoms with van der Waals surface area (Å²) in [7, 11) is 0. The summed E-state index contributed by atoms with van der Waals surface area (Å²) in [5, 5.41) is 29.0. The van der Waals surface area contributed by atoms with Gasteiger partial charge in [-0.25, -0.2) is 0 Å². The summed E-state index contributed by atoms with van der Waals surface area (Å²) >= 11 is 6.25. The van der Waals surface area contributed by atoms with Gasteiger partial charge in [-0.15, -0.1) is 4.73 Å². The summed E-state index contributed by atoms with van der Waals surface area (Å²) in [6.07, 6.45) is -5.24. The van der Waals surface area contributed by atoms with Crippen LogP contribution in [0.2, 0.25) is 5.02 Å². The van der Waals surface area contributed by atoms with E-state index in [0.717, 1.165) is 6.07 Å². The van der Waals surface area contributed by atoms with Crippen LogP contribution >= 0.6 is 11.6 Å². The van der Waals surface area contributed by atoms with Crippen molar-refractivity contribution in [2.45, 2.75) is 6.18 Å². The first kappa shape index (κ1) is 21.1. The molecule has 1 fully saturated rings. The molecule has 0 aliphatic carbocycles. The average molecular weight is 453 g/mol. The van der Waals surface area contributed by atoms with Gasteiger partial charge in [0.2, 0.25) is 0 Å². The molecule has 0 radical (unpaired) electrons. The lowest BCUT2D eigenvalue weighted by molar-refractivity contribution is -0.647. The second kappa shape index (κ2) is 7.86. The molecule has 1 N–H and O–H groups in total. The maximum atomic E-state index is 13.8. The number of alkyl halides is 3. The molecule has 3 aromatic rings. The number of aromatic nitrogens is 2. The number of nitrogens with zero attached hydrogens (tertiary/aromatic N) is 3. The Kier molecular flexibility index (Phi) is 5.36. The lowest BCUT2D eigenvalue weighted by Crippen LogP contribution is -2.50. The molecule has 0 spiro atoms. The molecule has 1 aromatic heterocycles. The van der Waals surface area contributed by atoms with Crippen molar-refractivity contribution in [3.63, 3.8) is 0 Å². The standard InChI is InChI=1S/C20H16ClF3N4O3/c21-13-10-15-16(11-14(13)26-8-6-25-7-9-26)27(30)17(19(28(15)31)20(22,23)24)18(29)12-4-2-1-3-5-12/h1-5,10-11,25H,6-9H2. The zero-order valence-corrected chi connectivity index (χ0v) is 16.7. The number of halogens is 4. The molecule has 0 amide bonds. The van der Waals surface area contributed by atoms with Gasteiger partial charge in [0.05, 0.1) is 10.7 Å². The average Bonchev–Trinajstić information content (AvgIpc) is 2.75. The van der Waals surface area contributed by atoms with Crippen LogP contribution in [0.5, 0.6) is 0 Å². The van der Waals surface area contributed by atoms with Crippen molar-refractivity contribution in [3.8, 4) is 0 Å². The van der Waals surface area contributed by atoms with Crippen LogP contribution in [0, 0.1) is 10.4 Å². The molecule has 0 unspecified atom stereocenters. The zero-order chi connectivity index (χ0) is 22.3. The van der Waals surface area contributed by atoms with E-state index in [1.54, 1.807) is 6.07 Å². The number of benzene rings is 2. The van der Waals surface area contributed by atoms with Crippen LogP contribution in [0.3, 0.4) is 0 Å². The Labute approximate surface area is 179 Å². The highest BCUT2D eigenvalue weighted by Gasteiger charge is 2.51. The molecular weight excluding hydrogens is 437 g/mol. The summed E-state index contributed by atoms with van der Waals surface area (Å²) in [5.74, 6) is -1.20. The fourth-order valence-electron chi connectivity index (χ4n) is 3.62. The van der Waals surface area contributed by atoms with Gasteiger partial charge in [0.1, 0.15) is 0 Å². The fraction of sp³-hybridized carbons (Fsp3) is 0.250. The normalized spacial score (nSPS) is 14.8. The van der Waals surface area contributed by atoms with E-state index >= 15 is 0 Å². The van der Waals surface area contributed by atoms with Crippen molar-refractivity contribution in [1.82, 2.24) is 5.32 Å². The Bertz CT molecular complexity index is 1170. The molecular formula is C20H16ClF3N4O3. The molecule has 0 saturated carbocycles. The third kappa shape index (κ3) is 3.72. The molecule has 31 heavy (non-hydrogen) atoms. The number of hydrogen-bond donors (Lipinski definition) is 1. The molecule has 0 bridgehead atoms. The highest BCUT2D eigenvalue weighted by molar-refractivity contribution is 6.34. The number of piperazine rings is 1. The maximum Gasteiger partial charge on any atom is 0.486 e. The van der Waals surface area contributed by atoms with Crippen molar-refractivity contribution in [2.24, 2.45) is 0 Å². The first-order chi connectivity index (χ1) is 14.7. The number of ketones is 1. The van der Waals surface area contributed by atoms with Crippen LogP contribution < -0.4 is 19.7 Å². The Morgan fingerprint density at radius 3 is 2.26 bits per heavy atom. The number of hydrogen-bond acceptors (Lipinski definition) is 5. The van der Waals surface area contributed by atoms with E-state index in [4.69, 9.17) is 11.6 Å². The Balaban J connectivity index is 2.01. The van der Waals surface area contributed by atoms with Crippen LogP contribution in [0.4, 0.5) is 18.9 Å². The monoisotopic (exact) mass is 452 g/mol. The molecule has 2 aromatic carbocycles. The van der Waals surface area contributed by atoms with E-state index in [2.05, 4.69) is 5.32 Å². The summed E-state index contributed by atoms with van der Waals surface area (Å²) in [5.41, 5.74) is -3.85. The summed E-state index contributed by atoms with van der Waals surface area (Å²) < 4.78 is 40.8. The topological polar surface area (TPSA) is 86.2 Å². The largest absolute Gasteiger partial charge is 0.618 e. The van der Waals surface area contributed by atoms with E-state index in [0.29, 0.717) is 31.9 Å². The molecule has 1 aliphatic rings. The number of fused-ring (bicyclic) bond motifs is 1. The molecule has 4 rings (SSSR count). The van der Waals surface area contributed by atoms with Gasteiger partial charge in [-0.3, -0.25) is 4.79 Å². The predicted molar refractivity (Wildman–Crippen MR) is 107 cm³/mol. The van der Waals surface area contributed by atoms with Gasteiger partial charge in [-0.2, -0.15) is 17.9 Å². The van der Waals surface area contributed by atoms with Crippen LogP contribution in [-0.2, 0) is 6.18 Å². The number of rotatable bonds is 3. The molecule has 0 atom stereocenters. The summed E-state index contributed by atoms with van der Waals surface area (Å²) in [6.45, 7) is 2.41. The Morgan fingerprint density at radius 1 is 1.03 bits per heavy atom. The van der Waals surface area contributed by atoms with Gasteiger partial charge >= 0.3 is 17.6 Å². The quantitative estimate of drug-likeness (QED) is 0.375. The first-order valence-corrected chi connectivity index (χ1v) is 9.73. The molecule has 1 saturated heterocycles. The van der Waals surface area contributed by atoms with Crippen LogP contribution in [0.15, 0.2) is 42.5 Å². The minimum Gasteiger partial charge on any atom is -0.618 e. The highest BCUT2D eigenvalue weighted by atomic mass is 35.5. The maximum absolute atomic E-state index is 13.8. The van der Waals surface area contributed by atoms with Crippen LogP contribution in [0.25, 0.3) is 11.0 Å². The van der Waals surface area contributed by atoms with Gasteiger partial charge in [-0.1, -0.05) is 41.9 Å². The molecule has 162 valence electrons. The molecule has 2 heterocycles. The lowest BCUT2D eigenvalue weighted by Gasteiger charge is -2.30. The molecule has 1 aliphatic heterocycles. The molecule has 7 nitrogen and oxygen atoms in total. The van der Waals surface area contributed by atoms with E-state index in [-0.39, 0.29) is 20.8 Å². The molecule has 11 heteroatoms. The smallest absolute Gasteiger partial charge is 0.486 e. The first-order valence-electron chi connectivity index (χ1n) is 9.35. The van der Waals surface area contributed by atoms with Gasteiger partial charge in [-0.05, 0) is 0 Å². The second-order valence-electron chi connectivity index (χ2n) is 7.01. The van der Waals surface area contributed by atoms with Gasteiger partial charge in [0, 0.05) is 43.9 Å². The van der Waals surface area contributed by atoms with Crippen molar-refractivity contribution >= 4 is 34.1 Å². The predicted octanol–water partition coefficient (Wildman–Crippen LogP) is 2.42. The van der Waals surface area contributed by atoms with E-state index in [1.165, 1.54) is 30.3 Å². The van der Waals surface area contributed by atoms with Gasteiger partial charge < -0.3 is 20.6 Å². The van der Waals surface area contributed by atoms with E-state index in [1.807, 2.05) is 4.90 Å². The van der Waals surface area contributed by atoms with Crippen molar-refractivity contribution in [3.05, 3.63) is 74.9 Å². The lowest BCUT2D eigenvalue weighted by atomic mass is 10.1. The van der Waals surface area contributed by atoms with Gasteiger partial charge in [0.15, 0.2) is 0 Å². The van der Waals surface area contributed by atoms with Crippen LogP contribution in [-0.4, -0.2) is 32.0 Å².